The Bertz CT molecular complexity index is 1490. The van der Waals surface area contributed by atoms with Gasteiger partial charge in [0.1, 0.15) is 15.8 Å². The Hall–Kier alpha value is -3.50. The Labute approximate surface area is 224 Å². The third-order valence-electron chi connectivity index (χ3n) is 6.95. The number of benzene rings is 1. The zero-order valence-corrected chi connectivity index (χ0v) is 22.2. The SMILES string of the molecule is Cc1ccc2nc(N3CCC(C(N)=O)CC3)c(C=C3SC(=S)N(C(C)c4ccccc4)C3=O)c(=O)n2c1. The first-order valence-electron chi connectivity index (χ1n) is 12.1. The number of rotatable bonds is 5. The van der Waals surface area contributed by atoms with Crippen molar-refractivity contribution in [3.63, 3.8) is 0 Å². The van der Waals surface area contributed by atoms with Gasteiger partial charge in [0.15, 0.2) is 0 Å². The molecule has 0 spiro atoms. The molecule has 190 valence electrons. The summed E-state index contributed by atoms with van der Waals surface area (Å²) in [6, 6.07) is 13.2. The molecule has 1 aromatic carbocycles. The summed E-state index contributed by atoms with van der Waals surface area (Å²) in [6.45, 7) is 4.92. The molecule has 0 radical (unpaired) electrons. The number of aryl methyl sites for hydroxylation is 1. The zero-order valence-electron chi connectivity index (χ0n) is 20.6. The number of nitrogens with zero attached hydrogens (tertiary/aromatic N) is 4. The summed E-state index contributed by atoms with van der Waals surface area (Å²) < 4.78 is 1.95. The highest BCUT2D eigenvalue weighted by Crippen LogP contribution is 2.38. The van der Waals surface area contributed by atoms with E-state index in [1.807, 2.05) is 55.1 Å². The van der Waals surface area contributed by atoms with Crippen molar-refractivity contribution in [3.8, 4) is 0 Å². The minimum absolute atomic E-state index is 0.195. The van der Waals surface area contributed by atoms with E-state index in [-0.39, 0.29) is 29.3 Å². The number of fused-ring (bicyclic) bond motifs is 1. The minimum atomic E-state index is -0.307. The van der Waals surface area contributed by atoms with Gasteiger partial charge in [0.2, 0.25) is 5.91 Å². The number of carbonyl (C=O) groups excluding carboxylic acids is 2. The van der Waals surface area contributed by atoms with E-state index in [9.17, 15) is 14.4 Å². The fourth-order valence-corrected chi connectivity index (χ4v) is 6.22. The Morgan fingerprint density at radius 1 is 1.16 bits per heavy atom. The number of anilines is 1. The van der Waals surface area contributed by atoms with Gasteiger partial charge < -0.3 is 10.6 Å². The molecule has 0 saturated carbocycles. The van der Waals surface area contributed by atoms with Crippen molar-refractivity contribution >= 4 is 57.7 Å². The van der Waals surface area contributed by atoms with E-state index >= 15 is 0 Å². The van der Waals surface area contributed by atoms with E-state index in [0.29, 0.717) is 52.2 Å². The van der Waals surface area contributed by atoms with Crippen molar-refractivity contribution in [2.45, 2.75) is 32.7 Å². The third kappa shape index (κ3) is 4.78. The maximum atomic E-state index is 13.7. The van der Waals surface area contributed by atoms with Crippen LogP contribution in [0.25, 0.3) is 11.7 Å². The molecule has 2 amide bonds. The molecule has 2 saturated heterocycles. The number of primary amides is 1. The van der Waals surface area contributed by atoms with E-state index in [4.69, 9.17) is 22.9 Å². The lowest BCUT2D eigenvalue weighted by Gasteiger charge is -2.32. The molecule has 5 rings (SSSR count). The standard InChI is InChI=1S/C27H27N5O3S2/c1-16-8-9-22-29-24(30-12-10-19(11-13-30)23(28)33)20(25(34)31(22)15-16)14-21-26(35)32(27(36)37-21)17(2)18-6-4-3-5-7-18/h3-9,14-15,17,19H,10-13H2,1-2H3,(H2,28,33). The second-order valence-corrected chi connectivity index (χ2v) is 11.1. The second-order valence-electron chi connectivity index (χ2n) is 9.39. The fraction of sp³-hybridized carbons (Fsp3) is 0.296. The minimum Gasteiger partial charge on any atom is -0.369 e. The molecule has 4 heterocycles. The number of hydrogen-bond donors (Lipinski definition) is 1. The second kappa shape index (κ2) is 10.1. The lowest BCUT2D eigenvalue weighted by atomic mass is 9.96. The van der Waals surface area contributed by atoms with Gasteiger partial charge in [-0.1, -0.05) is 60.4 Å². The number of amides is 2. The van der Waals surface area contributed by atoms with E-state index in [1.165, 1.54) is 16.2 Å². The zero-order chi connectivity index (χ0) is 26.3. The summed E-state index contributed by atoms with van der Waals surface area (Å²) in [5.74, 6) is -0.241. The molecule has 0 bridgehead atoms. The van der Waals surface area contributed by atoms with Gasteiger partial charge in [-0.05, 0) is 50.0 Å². The van der Waals surface area contributed by atoms with Crippen LogP contribution in [0.1, 0.15) is 42.5 Å². The molecule has 1 atom stereocenters. The molecular weight excluding hydrogens is 506 g/mol. The number of aromatic nitrogens is 2. The molecule has 10 heteroatoms. The third-order valence-corrected chi connectivity index (χ3v) is 8.28. The van der Waals surface area contributed by atoms with Crippen LogP contribution < -0.4 is 16.2 Å². The lowest BCUT2D eigenvalue weighted by Crippen LogP contribution is -2.40. The highest BCUT2D eigenvalue weighted by molar-refractivity contribution is 8.26. The van der Waals surface area contributed by atoms with Crippen LogP contribution in [0.15, 0.2) is 58.4 Å². The van der Waals surface area contributed by atoms with E-state index in [0.717, 1.165) is 11.1 Å². The first-order chi connectivity index (χ1) is 17.7. The van der Waals surface area contributed by atoms with Crippen LogP contribution in [0, 0.1) is 12.8 Å². The largest absolute Gasteiger partial charge is 0.369 e. The number of piperidine rings is 1. The number of pyridine rings is 1. The van der Waals surface area contributed by atoms with Gasteiger partial charge in [-0.15, -0.1) is 0 Å². The van der Waals surface area contributed by atoms with Crippen LogP contribution in [-0.4, -0.2) is 43.5 Å². The molecule has 2 fully saturated rings. The van der Waals surface area contributed by atoms with Crippen LogP contribution >= 0.6 is 24.0 Å². The molecular formula is C27H27N5O3S2. The van der Waals surface area contributed by atoms with Gasteiger partial charge in [-0.2, -0.15) is 0 Å². The van der Waals surface area contributed by atoms with Gasteiger partial charge in [0.05, 0.1) is 16.5 Å². The van der Waals surface area contributed by atoms with Crippen molar-refractivity contribution in [1.82, 2.24) is 14.3 Å². The summed E-state index contributed by atoms with van der Waals surface area (Å²) in [5.41, 5.74) is 7.99. The summed E-state index contributed by atoms with van der Waals surface area (Å²) in [5, 5.41) is 0. The van der Waals surface area contributed by atoms with Gasteiger partial charge >= 0.3 is 0 Å². The van der Waals surface area contributed by atoms with Gasteiger partial charge in [-0.25, -0.2) is 4.98 Å². The Balaban J connectivity index is 1.57. The van der Waals surface area contributed by atoms with E-state index < -0.39 is 0 Å². The molecule has 37 heavy (non-hydrogen) atoms. The number of thiocarbonyl (C=S) groups is 1. The predicted molar refractivity (Wildman–Crippen MR) is 150 cm³/mol. The van der Waals surface area contributed by atoms with Crippen LogP contribution in [-0.2, 0) is 9.59 Å². The highest BCUT2D eigenvalue weighted by Gasteiger charge is 2.37. The molecule has 2 aliphatic rings. The molecule has 0 aliphatic carbocycles. The van der Waals surface area contributed by atoms with E-state index in [2.05, 4.69) is 0 Å². The van der Waals surface area contributed by atoms with E-state index in [1.54, 1.807) is 23.2 Å². The monoisotopic (exact) mass is 533 g/mol. The summed E-state index contributed by atoms with van der Waals surface area (Å²) in [4.78, 5) is 47.7. The topological polar surface area (TPSA) is 101 Å². The maximum Gasteiger partial charge on any atom is 0.267 e. The lowest BCUT2D eigenvalue weighted by molar-refractivity contribution is -0.123. The number of nitrogens with two attached hydrogens (primary N) is 1. The average Bonchev–Trinajstić information content (AvgIpc) is 3.18. The summed E-state index contributed by atoms with van der Waals surface area (Å²) in [6.07, 6.45) is 4.53. The molecule has 2 aliphatic heterocycles. The number of thioether (sulfide) groups is 1. The van der Waals surface area contributed by atoms with Gasteiger partial charge in [0.25, 0.3) is 11.5 Å². The first kappa shape index (κ1) is 25.2. The molecule has 1 unspecified atom stereocenters. The quantitative estimate of drug-likeness (QED) is 0.395. The summed E-state index contributed by atoms with van der Waals surface area (Å²) >= 11 is 6.77. The normalized spacial score (nSPS) is 18.7. The smallest absolute Gasteiger partial charge is 0.267 e. The van der Waals surface area contributed by atoms with Crippen LogP contribution in [0.5, 0.6) is 0 Å². The van der Waals surface area contributed by atoms with Crippen molar-refractivity contribution in [1.29, 1.82) is 0 Å². The predicted octanol–water partition coefficient (Wildman–Crippen LogP) is 3.67. The van der Waals surface area contributed by atoms with Crippen LogP contribution in [0.3, 0.4) is 0 Å². The van der Waals surface area contributed by atoms with Crippen LogP contribution in [0.4, 0.5) is 5.82 Å². The molecule has 2 aromatic heterocycles. The van der Waals surface area contributed by atoms with Crippen molar-refractivity contribution < 1.29 is 9.59 Å². The summed E-state index contributed by atoms with van der Waals surface area (Å²) in [7, 11) is 0. The molecule has 8 nitrogen and oxygen atoms in total. The first-order valence-corrected chi connectivity index (χ1v) is 13.4. The van der Waals surface area contributed by atoms with Gasteiger partial charge in [-0.3, -0.25) is 23.7 Å². The fourth-order valence-electron chi connectivity index (χ4n) is 4.82. The van der Waals surface area contributed by atoms with Crippen LogP contribution in [0.2, 0.25) is 0 Å². The maximum absolute atomic E-state index is 13.7. The van der Waals surface area contributed by atoms with Crippen molar-refractivity contribution in [3.05, 3.63) is 80.6 Å². The number of hydrogen-bond acceptors (Lipinski definition) is 7. The highest BCUT2D eigenvalue weighted by atomic mass is 32.2. The van der Waals surface area contributed by atoms with Crippen molar-refractivity contribution in [2.24, 2.45) is 11.7 Å². The van der Waals surface area contributed by atoms with Gasteiger partial charge in [0, 0.05) is 25.2 Å². The molecule has 2 N–H and O–H groups in total. The molecule has 3 aromatic rings. The Morgan fingerprint density at radius 2 is 1.86 bits per heavy atom. The number of carbonyl (C=O) groups is 2. The average molecular weight is 534 g/mol. The van der Waals surface area contributed by atoms with Crippen molar-refractivity contribution in [2.75, 3.05) is 18.0 Å². The Kier molecular flexibility index (Phi) is 6.87. The Morgan fingerprint density at radius 3 is 2.54 bits per heavy atom.